The van der Waals surface area contributed by atoms with Crippen molar-refractivity contribution in [1.29, 1.82) is 0 Å². The number of aryl methyl sites for hydroxylation is 1. The van der Waals surface area contributed by atoms with Crippen molar-refractivity contribution in [3.05, 3.63) is 17.8 Å². The molecule has 1 aromatic heterocycles. The van der Waals surface area contributed by atoms with E-state index in [4.69, 9.17) is 4.42 Å². The first-order valence-corrected chi connectivity index (χ1v) is 5.15. The molecule has 6 heteroatoms. The fourth-order valence-electron chi connectivity index (χ4n) is 1.02. The van der Waals surface area contributed by atoms with Gasteiger partial charge < -0.3 is 4.42 Å². The third-order valence-corrected chi connectivity index (χ3v) is 2.51. The minimum Gasteiger partial charge on any atom is -0.438 e. The molecule has 0 atom stereocenters. The van der Waals surface area contributed by atoms with Crippen LogP contribution >= 0.6 is 11.8 Å². The average Bonchev–Trinajstić information content (AvgIpc) is 2.75. The lowest BCUT2D eigenvalue weighted by Gasteiger charge is -1.98. The highest BCUT2D eigenvalue weighted by molar-refractivity contribution is 8.14. The maximum Gasteiger partial charge on any atom is 0.313 e. The summed E-state index contributed by atoms with van der Waals surface area (Å²) < 4.78 is 5.07. The zero-order chi connectivity index (χ0) is 9.97. The zero-order valence-electron chi connectivity index (χ0n) is 7.61. The fourth-order valence-corrected chi connectivity index (χ4v) is 1.74. The van der Waals surface area contributed by atoms with Gasteiger partial charge in [0.1, 0.15) is 5.76 Å². The molecule has 0 aromatic carbocycles. The standard InChI is InChI=1S/C8H9N3O2S/c1-5-4-10-7(13-5)6(12)11-8-9-2-3-14-8/h4H,2-3H2,1H3,(H,9,11,12). The Morgan fingerprint density at radius 2 is 2.57 bits per heavy atom. The van der Waals surface area contributed by atoms with Gasteiger partial charge in [-0.25, -0.2) is 4.98 Å². The number of carbonyl (C=O) groups excluding carboxylic acids is 1. The second-order valence-corrected chi connectivity index (χ2v) is 3.85. The number of amides is 1. The Hall–Kier alpha value is -1.30. The van der Waals surface area contributed by atoms with Gasteiger partial charge >= 0.3 is 5.91 Å². The van der Waals surface area contributed by atoms with E-state index < -0.39 is 0 Å². The van der Waals surface area contributed by atoms with Gasteiger partial charge in [-0.05, 0) is 6.92 Å². The van der Waals surface area contributed by atoms with Crippen molar-refractivity contribution in [2.45, 2.75) is 6.92 Å². The predicted molar refractivity (Wildman–Crippen MR) is 53.5 cm³/mol. The van der Waals surface area contributed by atoms with E-state index in [1.54, 1.807) is 6.92 Å². The Balaban J connectivity index is 2.02. The van der Waals surface area contributed by atoms with E-state index in [0.29, 0.717) is 10.9 Å². The number of thioether (sulfide) groups is 1. The number of oxazole rings is 1. The highest BCUT2D eigenvalue weighted by Gasteiger charge is 2.16. The molecule has 0 spiro atoms. The summed E-state index contributed by atoms with van der Waals surface area (Å²) in [5, 5.41) is 3.27. The number of nitrogens with one attached hydrogen (secondary N) is 1. The highest BCUT2D eigenvalue weighted by Crippen LogP contribution is 2.10. The molecule has 1 N–H and O–H groups in total. The van der Waals surface area contributed by atoms with E-state index in [0.717, 1.165) is 12.3 Å². The lowest BCUT2D eigenvalue weighted by molar-refractivity contribution is 0.0943. The van der Waals surface area contributed by atoms with Crippen molar-refractivity contribution in [2.24, 2.45) is 4.99 Å². The first-order valence-electron chi connectivity index (χ1n) is 4.17. The van der Waals surface area contributed by atoms with Crippen molar-refractivity contribution >= 4 is 22.8 Å². The Morgan fingerprint density at radius 3 is 3.14 bits per heavy atom. The van der Waals surface area contributed by atoms with E-state index in [1.165, 1.54) is 18.0 Å². The first-order chi connectivity index (χ1) is 6.75. The maximum atomic E-state index is 11.5. The first kappa shape index (κ1) is 9.26. The molecule has 1 aliphatic rings. The van der Waals surface area contributed by atoms with Crippen LogP contribution in [-0.2, 0) is 0 Å². The third kappa shape index (κ3) is 1.95. The van der Waals surface area contributed by atoms with Crippen molar-refractivity contribution in [2.75, 3.05) is 12.3 Å². The smallest absolute Gasteiger partial charge is 0.313 e. The molecule has 1 amide bonds. The molecule has 0 radical (unpaired) electrons. The number of hydrogen-bond donors (Lipinski definition) is 1. The highest BCUT2D eigenvalue weighted by atomic mass is 32.2. The van der Waals surface area contributed by atoms with Gasteiger partial charge in [0, 0.05) is 5.75 Å². The summed E-state index contributed by atoms with van der Waals surface area (Å²) in [6.07, 6.45) is 1.51. The van der Waals surface area contributed by atoms with Crippen LogP contribution < -0.4 is 5.32 Å². The van der Waals surface area contributed by atoms with Gasteiger partial charge in [-0.2, -0.15) is 0 Å². The van der Waals surface area contributed by atoms with Crippen LogP contribution in [0.1, 0.15) is 16.4 Å². The Kier molecular flexibility index (Phi) is 2.53. The number of nitrogens with zero attached hydrogens (tertiary/aromatic N) is 2. The van der Waals surface area contributed by atoms with Crippen LogP contribution in [0.3, 0.4) is 0 Å². The predicted octanol–water partition coefficient (Wildman–Crippen LogP) is 0.816. The molecule has 0 saturated heterocycles. The van der Waals surface area contributed by atoms with Gasteiger partial charge in [-0.15, -0.1) is 0 Å². The minimum absolute atomic E-state index is 0.0812. The number of aliphatic imine (C=N–C) groups is 1. The van der Waals surface area contributed by atoms with Crippen LogP contribution in [0, 0.1) is 6.92 Å². The minimum atomic E-state index is -0.341. The quantitative estimate of drug-likeness (QED) is 0.746. The maximum absolute atomic E-state index is 11.5. The van der Waals surface area contributed by atoms with Crippen LogP contribution in [0.4, 0.5) is 0 Å². The third-order valence-electron chi connectivity index (χ3n) is 1.62. The van der Waals surface area contributed by atoms with E-state index in [1.807, 2.05) is 0 Å². The van der Waals surface area contributed by atoms with E-state index in [9.17, 15) is 4.79 Å². The number of carbonyl (C=O) groups is 1. The van der Waals surface area contributed by atoms with Gasteiger partial charge in [0.2, 0.25) is 0 Å². The average molecular weight is 211 g/mol. The lowest BCUT2D eigenvalue weighted by Crippen LogP contribution is -2.27. The van der Waals surface area contributed by atoms with Crippen LogP contribution in [-0.4, -0.2) is 28.4 Å². The largest absolute Gasteiger partial charge is 0.438 e. The molecule has 1 aromatic rings. The van der Waals surface area contributed by atoms with Crippen LogP contribution in [0.25, 0.3) is 0 Å². The lowest BCUT2D eigenvalue weighted by atomic mass is 10.6. The molecule has 0 bridgehead atoms. The van der Waals surface area contributed by atoms with Crippen LogP contribution in [0.2, 0.25) is 0 Å². The van der Waals surface area contributed by atoms with E-state index >= 15 is 0 Å². The summed E-state index contributed by atoms with van der Waals surface area (Å²) in [5.41, 5.74) is 0. The van der Waals surface area contributed by atoms with E-state index in [2.05, 4.69) is 15.3 Å². The Bertz CT molecular complexity index is 386. The number of rotatable bonds is 1. The Morgan fingerprint density at radius 1 is 1.71 bits per heavy atom. The van der Waals surface area contributed by atoms with Gasteiger partial charge in [0.05, 0.1) is 12.7 Å². The van der Waals surface area contributed by atoms with Crippen molar-refractivity contribution in [3.63, 3.8) is 0 Å². The van der Waals surface area contributed by atoms with Crippen molar-refractivity contribution in [1.82, 2.24) is 10.3 Å². The van der Waals surface area contributed by atoms with E-state index in [-0.39, 0.29) is 11.8 Å². The second-order valence-electron chi connectivity index (χ2n) is 2.77. The molecule has 14 heavy (non-hydrogen) atoms. The van der Waals surface area contributed by atoms with Gasteiger partial charge in [-0.1, -0.05) is 11.8 Å². The Labute approximate surface area is 85.0 Å². The molecule has 0 aliphatic carbocycles. The molecule has 0 fully saturated rings. The molecule has 2 heterocycles. The molecule has 2 rings (SSSR count). The molecular formula is C8H9N3O2S. The molecule has 0 unspecified atom stereocenters. The van der Waals surface area contributed by atoms with Gasteiger partial charge in [0.25, 0.3) is 5.89 Å². The number of aromatic nitrogens is 1. The monoisotopic (exact) mass is 211 g/mol. The summed E-state index contributed by atoms with van der Waals surface area (Å²) in [5.74, 6) is 1.28. The summed E-state index contributed by atoms with van der Waals surface area (Å²) >= 11 is 1.52. The van der Waals surface area contributed by atoms with Crippen molar-refractivity contribution < 1.29 is 9.21 Å². The number of amidine groups is 1. The summed E-state index contributed by atoms with van der Waals surface area (Å²) in [6, 6.07) is 0. The molecule has 1 aliphatic heterocycles. The fraction of sp³-hybridized carbons (Fsp3) is 0.375. The molecule has 74 valence electrons. The molecule has 0 saturated carbocycles. The van der Waals surface area contributed by atoms with Gasteiger partial charge in [-0.3, -0.25) is 15.1 Å². The number of hydrogen-bond acceptors (Lipinski definition) is 5. The summed E-state index contributed by atoms with van der Waals surface area (Å²) in [4.78, 5) is 19.4. The second kappa shape index (κ2) is 3.83. The summed E-state index contributed by atoms with van der Waals surface area (Å²) in [6.45, 7) is 2.50. The van der Waals surface area contributed by atoms with Crippen molar-refractivity contribution in [3.8, 4) is 0 Å². The van der Waals surface area contributed by atoms with Crippen LogP contribution in [0.15, 0.2) is 15.6 Å². The molecule has 5 nitrogen and oxygen atoms in total. The topological polar surface area (TPSA) is 67.5 Å². The zero-order valence-corrected chi connectivity index (χ0v) is 8.43. The SMILES string of the molecule is Cc1cnc(C(=O)NC2=NCCS2)o1. The normalized spacial score (nSPS) is 15.4. The van der Waals surface area contributed by atoms with Gasteiger partial charge in [0.15, 0.2) is 5.17 Å². The van der Waals surface area contributed by atoms with Crippen LogP contribution in [0.5, 0.6) is 0 Å². The summed E-state index contributed by atoms with van der Waals surface area (Å²) in [7, 11) is 0. The molecular weight excluding hydrogens is 202 g/mol.